The third-order valence-corrected chi connectivity index (χ3v) is 5.46. The first-order valence-corrected chi connectivity index (χ1v) is 9.69. The van der Waals surface area contributed by atoms with Crippen LogP contribution in [0.15, 0.2) is 28.4 Å². The van der Waals surface area contributed by atoms with Crippen molar-refractivity contribution in [3.63, 3.8) is 0 Å². The van der Waals surface area contributed by atoms with Crippen LogP contribution in [0.3, 0.4) is 0 Å². The van der Waals surface area contributed by atoms with Crippen molar-refractivity contribution >= 4 is 17.2 Å². The van der Waals surface area contributed by atoms with Gasteiger partial charge in [0.2, 0.25) is 0 Å². The summed E-state index contributed by atoms with van der Waals surface area (Å²) in [5.41, 5.74) is 1.67. The van der Waals surface area contributed by atoms with E-state index in [0.29, 0.717) is 25.2 Å². The van der Waals surface area contributed by atoms with Crippen LogP contribution in [0, 0.1) is 0 Å². The molecule has 6 nitrogen and oxygen atoms in total. The lowest BCUT2D eigenvalue weighted by Gasteiger charge is -2.41. The second kappa shape index (κ2) is 8.60. The van der Waals surface area contributed by atoms with Crippen LogP contribution < -0.4 is 0 Å². The molecule has 0 bridgehead atoms. The number of thiazole rings is 1. The fourth-order valence-electron chi connectivity index (χ4n) is 3.23. The van der Waals surface area contributed by atoms with Crippen LogP contribution in [0.25, 0.3) is 0 Å². The molecular formula is C18H25N3O3S. The van der Waals surface area contributed by atoms with E-state index >= 15 is 0 Å². The first kappa shape index (κ1) is 18.1. The van der Waals surface area contributed by atoms with E-state index in [-0.39, 0.29) is 18.6 Å². The van der Waals surface area contributed by atoms with Crippen LogP contribution in [-0.4, -0.2) is 58.1 Å². The predicted octanol–water partition coefficient (Wildman–Crippen LogP) is 2.40. The van der Waals surface area contributed by atoms with Crippen LogP contribution in [0.5, 0.6) is 0 Å². The maximum absolute atomic E-state index is 12.8. The molecule has 2 aromatic heterocycles. The highest BCUT2D eigenvalue weighted by atomic mass is 32.1. The molecule has 0 saturated carbocycles. The topological polar surface area (TPSA) is 69.8 Å². The van der Waals surface area contributed by atoms with Crippen LogP contribution in [-0.2, 0) is 13.0 Å². The highest BCUT2D eigenvalue weighted by Gasteiger charge is 2.30. The molecule has 0 radical (unpaired) electrons. The van der Waals surface area contributed by atoms with Crippen molar-refractivity contribution in [1.82, 2.24) is 14.8 Å². The number of hydrogen-bond acceptors (Lipinski definition) is 6. The van der Waals surface area contributed by atoms with Crippen molar-refractivity contribution in [1.29, 1.82) is 0 Å². The van der Waals surface area contributed by atoms with Gasteiger partial charge in [-0.3, -0.25) is 9.69 Å². The fourth-order valence-corrected chi connectivity index (χ4v) is 4.10. The maximum atomic E-state index is 12.8. The van der Waals surface area contributed by atoms with Gasteiger partial charge in [0.1, 0.15) is 5.69 Å². The molecule has 1 aliphatic rings. The molecule has 1 aliphatic heterocycles. The zero-order valence-corrected chi connectivity index (χ0v) is 15.4. The van der Waals surface area contributed by atoms with Gasteiger partial charge in [0.25, 0.3) is 5.91 Å². The maximum Gasteiger partial charge on any atom is 0.273 e. The minimum Gasteiger partial charge on any atom is -0.472 e. The van der Waals surface area contributed by atoms with E-state index in [0.717, 1.165) is 36.5 Å². The zero-order valence-electron chi connectivity index (χ0n) is 14.6. The smallest absolute Gasteiger partial charge is 0.273 e. The zero-order chi connectivity index (χ0) is 17.6. The molecule has 1 N–H and O–H groups in total. The van der Waals surface area contributed by atoms with Gasteiger partial charge in [-0.05, 0) is 25.3 Å². The standard InChI is InChI=1S/C18H25N3O3S/c1-2-3-17-19-16(13-25-17)18(23)21-7-6-20(15(11-21)4-8-22)10-14-5-9-24-12-14/h5,9,12-13,15,22H,2-4,6-8,10-11H2,1H3/t15-/m0/s1. The average Bonchev–Trinajstić information content (AvgIpc) is 3.28. The lowest BCUT2D eigenvalue weighted by molar-refractivity contribution is 0.0391. The summed E-state index contributed by atoms with van der Waals surface area (Å²) in [7, 11) is 0. The molecular weight excluding hydrogens is 338 g/mol. The van der Waals surface area contributed by atoms with Gasteiger partial charge in [-0.25, -0.2) is 4.98 Å². The van der Waals surface area contributed by atoms with E-state index in [2.05, 4.69) is 16.8 Å². The summed E-state index contributed by atoms with van der Waals surface area (Å²) < 4.78 is 5.14. The Balaban J connectivity index is 1.64. The quantitative estimate of drug-likeness (QED) is 0.818. The SMILES string of the molecule is CCCc1nc(C(=O)N2CCN(Cc3ccoc3)[C@@H](CCO)C2)cs1. The number of aryl methyl sites for hydroxylation is 1. The predicted molar refractivity (Wildman–Crippen MR) is 96.6 cm³/mol. The third-order valence-electron chi connectivity index (χ3n) is 4.55. The number of nitrogens with zero attached hydrogens (tertiary/aromatic N) is 3. The Morgan fingerprint density at radius 1 is 1.48 bits per heavy atom. The molecule has 0 spiro atoms. The Kier molecular flexibility index (Phi) is 6.23. The van der Waals surface area contributed by atoms with E-state index in [9.17, 15) is 9.90 Å². The molecule has 0 unspecified atom stereocenters. The summed E-state index contributed by atoms with van der Waals surface area (Å²) in [6, 6.07) is 2.10. The molecule has 2 aromatic rings. The molecule has 0 aliphatic carbocycles. The van der Waals surface area contributed by atoms with E-state index in [1.54, 1.807) is 23.9 Å². The van der Waals surface area contributed by atoms with Gasteiger partial charge >= 0.3 is 0 Å². The fraction of sp³-hybridized carbons (Fsp3) is 0.556. The second-order valence-corrected chi connectivity index (χ2v) is 7.34. The average molecular weight is 363 g/mol. The van der Waals surface area contributed by atoms with Gasteiger partial charge in [-0.1, -0.05) is 6.92 Å². The summed E-state index contributed by atoms with van der Waals surface area (Å²) in [5, 5.41) is 12.3. The summed E-state index contributed by atoms with van der Waals surface area (Å²) in [6.45, 7) is 5.10. The van der Waals surface area contributed by atoms with Gasteiger partial charge in [0.05, 0.1) is 17.5 Å². The Bertz CT molecular complexity index is 671. The van der Waals surface area contributed by atoms with Gasteiger partial charge in [-0.15, -0.1) is 11.3 Å². The molecule has 3 heterocycles. The van der Waals surface area contributed by atoms with Gasteiger partial charge in [0, 0.05) is 49.8 Å². The van der Waals surface area contributed by atoms with Crippen molar-refractivity contribution in [3.05, 3.63) is 40.2 Å². The normalized spacial score (nSPS) is 18.6. The summed E-state index contributed by atoms with van der Waals surface area (Å²) >= 11 is 1.56. The number of hydrogen-bond donors (Lipinski definition) is 1. The third kappa shape index (κ3) is 4.48. The Hall–Kier alpha value is -1.70. The molecule has 7 heteroatoms. The number of aromatic nitrogens is 1. The lowest BCUT2D eigenvalue weighted by Crippen LogP contribution is -2.54. The van der Waals surface area contributed by atoms with Gasteiger partial charge in [0.15, 0.2) is 0 Å². The first-order chi connectivity index (χ1) is 12.2. The monoisotopic (exact) mass is 363 g/mol. The molecule has 3 rings (SSSR count). The first-order valence-electron chi connectivity index (χ1n) is 8.81. The molecule has 1 amide bonds. The molecule has 136 valence electrons. The minimum atomic E-state index is 0.00417. The number of aliphatic hydroxyl groups is 1. The number of furan rings is 1. The second-order valence-electron chi connectivity index (χ2n) is 6.40. The summed E-state index contributed by atoms with van der Waals surface area (Å²) in [6.07, 6.45) is 6.03. The number of piperazine rings is 1. The van der Waals surface area contributed by atoms with E-state index in [1.165, 1.54) is 0 Å². The molecule has 1 fully saturated rings. The molecule has 25 heavy (non-hydrogen) atoms. The number of amides is 1. The van der Waals surface area contributed by atoms with Crippen molar-refractivity contribution in [2.24, 2.45) is 0 Å². The van der Waals surface area contributed by atoms with Crippen LogP contribution >= 0.6 is 11.3 Å². The highest BCUT2D eigenvalue weighted by Crippen LogP contribution is 2.20. The van der Waals surface area contributed by atoms with Crippen LogP contribution in [0.1, 0.15) is 40.8 Å². The van der Waals surface area contributed by atoms with Gasteiger partial charge in [-0.2, -0.15) is 0 Å². The molecule has 0 aromatic carbocycles. The lowest BCUT2D eigenvalue weighted by atomic mass is 10.1. The number of carbonyl (C=O) groups excluding carboxylic acids is 1. The van der Waals surface area contributed by atoms with Crippen molar-refractivity contribution in [2.75, 3.05) is 26.2 Å². The van der Waals surface area contributed by atoms with Crippen LogP contribution in [0.2, 0.25) is 0 Å². The van der Waals surface area contributed by atoms with Crippen molar-refractivity contribution in [3.8, 4) is 0 Å². The summed E-state index contributed by atoms with van der Waals surface area (Å²) in [5.74, 6) is 0.00417. The Labute approximate surface area is 152 Å². The number of rotatable bonds is 7. The Morgan fingerprint density at radius 3 is 3.08 bits per heavy atom. The minimum absolute atomic E-state index is 0.00417. The molecule has 1 saturated heterocycles. The van der Waals surface area contributed by atoms with Crippen molar-refractivity contribution < 1.29 is 14.3 Å². The van der Waals surface area contributed by atoms with Crippen LogP contribution in [0.4, 0.5) is 0 Å². The van der Waals surface area contributed by atoms with Gasteiger partial charge < -0.3 is 14.4 Å². The van der Waals surface area contributed by atoms with E-state index in [1.807, 2.05) is 16.3 Å². The number of carbonyl (C=O) groups is 1. The largest absolute Gasteiger partial charge is 0.472 e. The number of aliphatic hydroxyl groups excluding tert-OH is 1. The highest BCUT2D eigenvalue weighted by molar-refractivity contribution is 7.09. The van der Waals surface area contributed by atoms with E-state index < -0.39 is 0 Å². The van der Waals surface area contributed by atoms with E-state index in [4.69, 9.17) is 4.42 Å². The van der Waals surface area contributed by atoms with Crippen molar-refractivity contribution in [2.45, 2.75) is 38.8 Å². The summed E-state index contributed by atoms with van der Waals surface area (Å²) in [4.78, 5) is 21.4. The molecule has 1 atom stereocenters. The Morgan fingerprint density at radius 2 is 2.36 bits per heavy atom.